The molecule has 16 heavy (non-hydrogen) atoms. The van der Waals surface area contributed by atoms with E-state index in [0.29, 0.717) is 0 Å². The van der Waals surface area contributed by atoms with Crippen molar-refractivity contribution in [1.29, 1.82) is 0 Å². The second kappa shape index (κ2) is 7.25. The molecule has 0 unspecified atom stereocenters. The topological polar surface area (TPSA) is 18.5 Å². The smallest absolute Gasteiger partial charge is 0.0107 e. The lowest BCUT2D eigenvalue weighted by Crippen LogP contribution is -2.34. The summed E-state index contributed by atoms with van der Waals surface area (Å²) in [7, 11) is 0. The van der Waals surface area contributed by atoms with Crippen LogP contribution in [-0.2, 0) is 0 Å². The van der Waals surface area contributed by atoms with Crippen LogP contribution in [0.2, 0.25) is 0 Å². The van der Waals surface area contributed by atoms with Crippen LogP contribution in [0.4, 0.5) is 0 Å². The van der Waals surface area contributed by atoms with Crippen molar-refractivity contribution in [3.05, 3.63) is 0 Å². The van der Waals surface area contributed by atoms with Crippen molar-refractivity contribution in [2.45, 2.75) is 32.1 Å². The van der Waals surface area contributed by atoms with Crippen molar-refractivity contribution in [1.82, 2.24) is 15.1 Å². The van der Waals surface area contributed by atoms with Gasteiger partial charge in [-0.15, -0.1) is 0 Å². The minimum atomic E-state index is 1.18. The zero-order valence-corrected chi connectivity index (χ0v) is 10.6. The molecular formula is C13H27N3. The van der Waals surface area contributed by atoms with E-state index in [1.54, 1.807) is 0 Å². The number of rotatable bonds is 4. The summed E-state index contributed by atoms with van der Waals surface area (Å²) in [6, 6.07) is 0. The average Bonchev–Trinajstić information content (AvgIpc) is 2.59. The van der Waals surface area contributed by atoms with Gasteiger partial charge in [0.1, 0.15) is 0 Å². The molecule has 0 aromatic rings. The van der Waals surface area contributed by atoms with E-state index in [1.807, 2.05) is 0 Å². The Labute approximate surface area is 100 Å². The normalized spacial score (nSPS) is 25.5. The molecule has 2 aliphatic heterocycles. The molecule has 0 radical (unpaired) electrons. The van der Waals surface area contributed by atoms with Gasteiger partial charge in [0.15, 0.2) is 0 Å². The predicted molar refractivity (Wildman–Crippen MR) is 68.8 cm³/mol. The van der Waals surface area contributed by atoms with Crippen LogP contribution >= 0.6 is 0 Å². The molecule has 0 aromatic carbocycles. The minimum Gasteiger partial charge on any atom is -0.315 e. The summed E-state index contributed by atoms with van der Waals surface area (Å²) in [5, 5.41) is 3.46. The zero-order chi connectivity index (χ0) is 11.1. The first kappa shape index (κ1) is 12.3. The Kier molecular flexibility index (Phi) is 5.59. The summed E-state index contributed by atoms with van der Waals surface area (Å²) >= 11 is 0. The maximum atomic E-state index is 3.46. The third kappa shape index (κ3) is 4.40. The molecule has 0 atom stereocenters. The standard InChI is InChI=1S/C13H27N3/c1-2-8-15(9-3-1)11-5-12-16-10-4-6-14-7-13-16/h14H,1-13H2. The van der Waals surface area contributed by atoms with Crippen LogP contribution in [0.5, 0.6) is 0 Å². The van der Waals surface area contributed by atoms with E-state index < -0.39 is 0 Å². The Hall–Kier alpha value is -0.120. The Morgan fingerprint density at radius 3 is 2.19 bits per heavy atom. The Bertz CT molecular complexity index is 170. The van der Waals surface area contributed by atoms with E-state index in [4.69, 9.17) is 0 Å². The van der Waals surface area contributed by atoms with Crippen LogP contribution in [0, 0.1) is 0 Å². The van der Waals surface area contributed by atoms with E-state index in [9.17, 15) is 0 Å². The first-order valence-corrected chi connectivity index (χ1v) is 7.10. The summed E-state index contributed by atoms with van der Waals surface area (Å²) in [6.45, 7) is 10.3. The molecule has 1 N–H and O–H groups in total. The Balaban J connectivity index is 1.55. The monoisotopic (exact) mass is 225 g/mol. The van der Waals surface area contributed by atoms with Gasteiger partial charge in [0, 0.05) is 13.1 Å². The predicted octanol–water partition coefficient (Wildman–Crippen LogP) is 1.16. The lowest BCUT2D eigenvalue weighted by molar-refractivity contribution is 0.205. The van der Waals surface area contributed by atoms with Crippen molar-refractivity contribution < 1.29 is 0 Å². The van der Waals surface area contributed by atoms with Gasteiger partial charge in [-0.1, -0.05) is 6.42 Å². The highest BCUT2D eigenvalue weighted by molar-refractivity contribution is 4.68. The number of nitrogens with one attached hydrogen (secondary N) is 1. The van der Waals surface area contributed by atoms with Gasteiger partial charge in [-0.25, -0.2) is 0 Å². The van der Waals surface area contributed by atoms with E-state index in [1.165, 1.54) is 84.5 Å². The van der Waals surface area contributed by atoms with Crippen LogP contribution in [0.1, 0.15) is 32.1 Å². The van der Waals surface area contributed by atoms with Crippen LogP contribution < -0.4 is 5.32 Å². The summed E-state index contributed by atoms with van der Waals surface area (Å²) in [5.74, 6) is 0. The van der Waals surface area contributed by atoms with Crippen molar-refractivity contribution >= 4 is 0 Å². The minimum absolute atomic E-state index is 1.18. The molecule has 0 saturated carbocycles. The maximum Gasteiger partial charge on any atom is 0.0107 e. The van der Waals surface area contributed by atoms with Crippen molar-refractivity contribution in [3.63, 3.8) is 0 Å². The maximum absolute atomic E-state index is 3.46. The van der Waals surface area contributed by atoms with Gasteiger partial charge in [-0.2, -0.15) is 0 Å². The summed E-state index contributed by atoms with van der Waals surface area (Å²) in [5.41, 5.74) is 0. The van der Waals surface area contributed by atoms with E-state index in [-0.39, 0.29) is 0 Å². The van der Waals surface area contributed by atoms with Crippen molar-refractivity contribution in [2.75, 3.05) is 52.4 Å². The molecule has 0 aromatic heterocycles. The molecule has 2 fully saturated rings. The number of hydrogen-bond donors (Lipinski definition) is 1. The molecule has 0 spiro atoms. The second-order valence-electron chi connectivity index (χ2n) is 5.20. The highest BCUT2D eigenvalue weighted by Gasteiger charge is 2.11. The van der Waals surface area contributed by atoms with Gasteiger partial charge in [0.25, 0.3) is 0 Å². The molecular weight excluding hydrogens is 198 g/mol. The second-order valence-corrected chi connectivity index (χ2v) is 5.20. The summed E-state index contributed by atoms with van der Waals surface area (Å²) in [6.07, 6.45) is 6.99. The van der Waals surface area contributed by atoms with E-state index in [0.717, 1.165) is 0 Å². The van der Waals surface area contributed by atoms with Gasteiger partial charge < -0.3 is 15.1 Å². The van der Waals surface area contributed by atoms with Gasteiger partial charge in [-0.05, 0) is 65.0 Å². The molecule has 2 saturated heterocycles. The zero-order valence-electron chi connectivity index (χ0n) is 10.6. The molecule has 94 valence electrons. The lowest BCUT2D eigenvalue weighted by atomic mass is 10.1. The average molecular weight is 225 g/mol. The fourth-order valence-electron chi connectivity index (χ4n) is 2.83. The highest BCUT2D eigenvalue weighted by atomic mass is 15.2. The van der Waals surface area contributed by atoms with Gasteiger partial charge in [0.2, 0.25) is 0 Å². The van der Waals surface area contributed by atoms with Crippen molar-refractivity contribution in [2.24, 2.45) is 0 Å². The fourth-order valence-corrected chi connectivity index (χ4v) is 2.83. The molecule has 2 rings (SSSR count). The van der Waals surface area contributed by atoms with E-state index in [2.05, 4.69) is 15.1 Å². The quantitative estimate of drug-likeness (QED) is 0.774. The molecule has 2 heterocycles. The first-order valence-electron chi connectivity index (χ1n) is 7.10. The highest BCUT2D eigenvalue weighted by Crippen LogP contribution is 2.09. The van der Waals surface area contributed by atoms with Gasteiger partial charge in [-0.3, -0.25) is 0 Å². The molecule has 0 amide bonds. The SMILES string of the molecule is C1CCN(CCCN2CCCNCC2)CC1. The van der Waals surface area contributed by atoms with Crippen LogP contribution in [0.25, 0.3) is 0 Å². The summed E-state index contributed by atoms with van der Waals surface area (Å²) in [4.78, 5) is 5.28. The third-order valence-electron chi connectivity index (χ3n) is 3.83. The first-order chi connectivity index (χ1) is 7.95. The molecule has 0 aliphatic carbocycles. The summed E-state index contributed by atoms with van der Waals surface area (Å²) < 4.78 is 0. The lowest BCUT2D eigenvalue weighted by Gasteiger charge is -2.27. The number of nitrogens with zero attached hydrogens (tertiary/aromatic N) is 2. The van der Waals surface area contributed by atoms with Crippen LogP contribution in [-0.4, -0.2) is 62.2 Å². The van der Waals surface area contributed by atoms with Gasteiger partial charge in [0.05, 0.1) is 0 Å². The Morgan fingerprint density at radius 2 is 1.38 bits per heavy atom. The van der Waals surface area contributed by atoms with Crippen molar-refractivity contribution in [3.8, 4) is 0 Å². The molecule has 2 aliphatic rings. The van der Waals surface area contributed by atoms with Crippen LogP contribution in [0.3, 0.4) is 0 Å². The fraction of sp³-hybridized carbons (Fsp3) is 1.00. The molecule has 3 heteroatoms. The molecule has 0 bridgehead atoms. The van der Waals surface area contributed by atoms with Crippen LogP contribution in [0.15, 0.2) is 0 Å². The Morgan fingerprint density at radius 1 is 0.688 bits per heavy atom. The van der Waals surface area contributed by atoms with Gasteiger partial charge >= 0.3 is 0 Å². The number of likely N-dealkylation sites (tertiary alicyclic amines) is 1. The number of hydrogen-bond acceptors (Lipinski definition) is 3. The largest absolute Gasteiger partial charge is 0.315 e. The van der Waals surface area contributed by atoms with E-state index >= 15 is 0 Å². The molecule has 3 nitrogen and oxygen atoms in total. The number of piperidine rings is 1. The third-order valence-corrected chi connectivity index (χ3v) is 3.83.